The number of pyridine rings is 1. The van der Waals surface area contributed by atoms with Crippen LogP contribution in [0.5, 0.6) is 5.75 Å². The first kappa shape index (κ1) is 28.6. The van der Waals surface area contributed by atoms with E-state index in [1.165, 1.54) is 22.3 Å². The van der Waals surface area contributed by atoms with Crippen molar-refractivity contribution in [1.82, 2.24) is 9.88 Å². The van der Waals surface area contributed by atoms with Crippen molar-refractivity contribution in [2.75, 3.05) is 50.9 Å². The molecule has 6 rings (SSSR count). The van der Waals surface area contributed by atoms with Gasteiger partial charge in [-0.3, -0.25) is 9.69 Å². The second-order valence-electron chi connectivity index (χ2n) is 11.9. The molecule has 2 fully saturated rings. The molecule has 222 valence electrons. The van der Waals surface area contributed by atoms with Crippen LogP contribution in [-0.4, -0.2) is 73.1 Å². The average Bonchev–Trinajstić information content (AvgIpc) is 3.01. The standard InChI is InChI=1S/C34H41N3O5/c1-23-18-37(15-13-28(23)34(38)39)33-9-5-7-31(35-33)30-6-3-4-8-32(30)42-21-26-11-10-25-19-36(14-12-29(25)24(26)2)20-27-22-40-16-17-41-27/h3-11,23,27-28H,12-22H2,1-2H3,(H,38,39)/t23-,27+,28-/m0/s1. The fourth-order valence-corrected chi connectivity index (χ4v) is 6.62. The summed E-state index contributed by atoms with van der Waals surface area (Å²) in [7, 11) is 0. The van der Waals surface area contributed by atoms with E-state index in [2.05, 4.69) is 34.9 Å². The molecule has 3 aliphatic heterocycles. The molecule has 3 aromatic rings. The van der Waals surface area contributed by atoms with E-state index in [1.807, 2.05) is 43.3 Å². The number of aromatic nitrogens is 1. The van der Waals surface area contributed by atoms with Gasteiger partial charge >= 0.3 is 5.97 Å². The van der Waals surface area contributed by atoms with Crippen LogP contribution in [0.1, 0.15) is 35.6 Å². The number of hydrogen-bond acceptors (Lipinski definition) is 7. The number of carboxylic acid groups (broad SMARTS) is 1. The number of ether oxygens (including phenoxy) is 3. The number of hydrogen-bond donors (Lipinski definition) is 1. The Kier molecular flexibility index (Phi) is 8.74. The normalized spacial score (nSPS) is 22.9. The Morgan fingerprint density at radius 2 is 1.98 bits per heavy atom. The molecule has 0 amide bonds. The summed E-state index contributed by atoms with van der Waals surface area (Å²) in [6, 6.07) is 18.6. The summed E-state index contributed by atoms with van der Waals surface area (Å²) in [5.41, 5.74) is 7.16. The van der Waals surface area contributed by atoms with Crippen LogP contribution >= 0.6 is 0 Å². The van der Waals surface area contributed by atoms with Crippen molar-refractivity contribution in [2.45, 2.75) is 45.9 Å². The molecule has 3 aliphatic rings. The maximum absolute atomic E-state index is 11.6. The first-order chi connectivity index (χ1) is 20.5. The zero-order valence-corrected chi connectivity index (χ0v) is 24.6. The monoisotopic (exact) mass is 571 g/mol. The Morgan fingerprint density at radius 1 is 1.10 bits per heavy atom. The van der Waals surface area contributed by atoms with Crippen LogP contribution < -0.4 is 9.64 Å². The van der Waals surface area contributed by atoms with Crippen molar-refractivity contribution < 1.29 is 24.1 Å². The van der Waals surface area contributed by atoms with Crippen LogP contribution in [0.3, 0.4) is 0 Å². The molecule has 2 aromatic carbocycles. The van der Waals surface area contributed by atoms with Crippen LogP contribution in [-0.2, 0) is 33.8 Å². The van der Waals surface area contributed by atoms with Gasteiger partial charge in [0.1, 0.15) is 18.2 Å². The second-order valence-corrected chi connectivity index (χ2v) is 11.9. The Labute approximate surface area is 248 Å². The zero-order valence-electron chi connectivity index (χ0n) is 24.6. The number of nitrogens with zero attached hydrogens (tertiary/aromatic N) is 3. The van der Waals surface area contributed by atoms with Gasteiger partial charge in [0, 0.05) is 38.3 Å². The molecule has 8 heteroatoms. The molecule has 3 atom stereocenters. The molecule has 0 radical (unpaired) electrons. The third kappa shape index (κ3) is 6.31. The lowest BCUT2D eigenvalue weighted by Crippen LogP contribution is -2.42. The van der Waals surface area contributed by atoms with Gasteiger partial charge in [0.2, 0.25) is 0 Å². The van der Waals surface area contributed by atoms with Gasteiger partial charge in [0.15, 0.2) is 0 Å². The molecule has 1 aromatic heterocycles. The molecule has 0 unspecified atom stereocenters. The van der Waals surface area contributed by atoms with Crippen molar-refractivity contribution in [1.29, 1.82) is 0 Å². The van der Waals surface area contributed by atoms with E-state index >= 15 is 0 Å². The summed E-state index contributed by atoms with van der Waals surface area (Å²) in [5.74, 6) is 0.751. The Balaban J connectivity index is 1.13. The van der Waals surface area contributed by atoms with E-state index in [0.29, 0.717) is 45.9 Å². The SMILES string of the molecule is Cc1c(COc2ccccc2-c2cccc(N3CC[C@H](C(=O)O)[C@@H](C)C3)n2)ccc2c1CCN(C[C@@H]1COCCO1)C2. The van der Waals surface area contributed by atoms with Gasteiger partial charge in [0.25, 0.3) is 0 Å². The minimum absolute atomic E-state index is 0.0702. The first-order valence-corrected chi connectivity index (χ1v) is 15.1. The summed E-state index contributed by atoms with van der Waals surface area (Å²) in [4.78, 5) is 21.2. The van der Waals surface area contributed by atoms with E-state index in [9.17, 15) is 9.90 Å². The maximum Gasteiger partial charge on any atom is 0.306 e. The van der Waals surface area contributed by atoms with Gasteiger partial charge in [0.05, 0.1) is 37.5 Å². The number of carboxylic acids is 1. The third-order valence-corrected chi connectivity index (χ3v) is 9.05. The molecule has 0 bridgehead atoms. The summed E-state index contributed by atoms with van der Waals surface area (Å²) < 4.78 is 17.9. The molecular weight excluding hydrogens is 530 g/mol. The smallest absolute Gasteiger partial charge is 0.306 e. The van der Waals surface area contributed by atoms with E-state index in [-0.39, 0.29) is 17.9 Å². The zero-order chi connectivity index (χ0) is 29.1. The molecule has 0 saturated carbocycles. The van der Waals surface area contributed by atoms with E-state index in [1.54, 1.807) is 0 Å². The fraction of sp³-hybridized carbons (Fsp3) is 0.471. The highest BCUT2D eigenvalue weighted by atomic mass is 16.6. The summed E-state index contributed by atoms with van der Waals surface area (Å²) in [5, 5.41) is 9.50. The van der Waals surface area contributed by atoms with Crippen LogP contribution in [0.15, 0.2) is 54.6 Å². The number of piperidine rings is 1. The van der Waals surface area contributed by atoms with Crippen LogP contribution in [0, 0.1) is 18.8 Å². The van der Waals surface area contributed by atoms with Crippen LogP contribution in [0.25, 0.3) is 11.3 Å². The molecule has 0 spiro atoms. The molecule has 0 aliphatic carbocycles. The quantitative estimate of drug-likeness (QED) is 0.407. The lowest BCUT2D eigenvalue weighted by Gasteiger charge is -2.35. The van der Waals surface area contributed by atoms with Crippen LogP contribution in [0.4, 0.5) is 5.82 Å². The topological polar surface area (TPSA) is 84.4 Å². The lowest BCUT2D eigenvalue weighted by atomic mass is 9.87. The predicted molar refractivity (Wildman–Crippen MR) is 162 cm³/mol. The third-order valence-electron chi connectivity index (χ3n) is 9.05. The van der Waals surface area contributed by atoms with Gasteiger partial charge in [-0.25, -0.2) is 4.98 Å². The number of anilines is 1. The maximum atomic E-state index is 11.6. The van der Waals surface area contributed by atoms with Crippen molar-refractivity contribution >= 4 is 11.8 Å². The number of rotatable bonds is 8. The minimum Gasteiger partial charge on any atom is -0.488 e. The molecule has 2 saturated heterocycles. The van der Waals surface area contributed by atoms with E-state index in [4.69, 9.17) is 19.2 Å². The lowest BCUT2D eigenvalue weighted by molar-refractivity contribution is -0.144. The highest BCUT2D eigenvalue weighted by Crippen LogP contribution is 2.33. The van der Waals surface area contributed by atoms with Crippen molar-refractivity contribution in [3.63, 3.8) is 0 Å². The molecule has 4 heterocycles. The summed E-state index contributed by atoms with van der Waals surface area (Å²) in [6.45, 7) is 11.0. The Bertz CT molecular complexity index is 1410. The summed E-state index contributed by atoms with van der Waals surface area (Å²) >= 11 is 0. The van der Waals surface area contributed by atoms with Crippen molar-refractivity contribution in [3.8, 4) is 17.0 Å². The van der Waals surface area contributed by atoms with Gasteiger partial charge in [-0.05, 0) is 72.2 Å². The number of carbonyl (C=O) groups is 1. The van der Waals surface area contributed by atoms with Gasteiger partial charge in [-0.1, -0.05) is 37.3 Å². The second kappa shape index (κ2) is 12.8. The molecule has 1 N–H and O–H groups in total. The van der Waals surface area contributed by atoms with Crippen molar-refractivity contribution in [2.24, 2.45) is 11.8 Å². The van der Waals surface area contributed by atoms with E-state index in [0.717, 1.165) is 48.9 Å². The fourth-order valence-electron chi connectivity index (χ4n) is 6.62. The van der Waals surface area contributed by atoms with Gasteiger partial charge in [-0.15, -0.1) is 0 Å². The number of para-hydroxylation sites is 1. The van der Waals surface area contributed by atoms with Gasteiger partial charge in [-0.2, -0.15) is 0 Å². The van der Waals surface area contributed by atoms with Crippen LogP contribution in [0.2, 0.25) is 0 Å². The largest absolute Gasteiger partial charge is 0.488 e. The molecule has 8 nitrogen and oxygen atoms in total. The highest BCUT2D eigenvalue weighted by Gasteiger charge is 2.31. The summed E-state index contributed by atoms with van der Waals surface area (Å²) in [6.07, 6.45) is 1.82. The Morgan fingerprint density at radius 3 is 2.79 bits per heavy atom. The Hall–Kier alpha value is -3.46. The predicted octanol–water partition coefficient (Wildman–Crippen LogP) is 4.96. The number of fused-ring (bicyclic) bond motifs is 1. The van der Waals surface area contributed by atoms with E-state index < -0.39 is 5.97 Å². The highest BCUT2D eigenvalue weighted by molar-refractivity contribution is 5.71. The number of aliphatic carboxylic acids is 1. The van der Waals surface area contributed by atoms with Crippen molar-refractivity contribution in [3.05, 3.63) is 76.9 Å². The number of benzene rings is 2. The molecular formula is C34H41N3O5. The first-order valence-electron chi connectivity index (χ1n) is 15.1. The minimum atomic E-state index is -0.702. The van der Waals surface area contributed by atoms with Gasteiger partial charge < -0.3 is 24.2 Å². The molecule has 42 heavy (non-hydrogen) atoms. The average molecular weight is 572 g/mol.